The monoisotopic (exact) mass is 277 g/mol. The Morgan fingerprint density at radius 1 is 0.952 bits per heavy atom. The van der Waals surface area contributed by atoms with Crippen molar-refractivity contribution in [1.29, 1.82) is 0 Å². The predicted molar refractivity (Wildman–Crippen MR) is 83.3 cm³/mol. The van der Waals surface area contributed by atoms with Crippen LogP contribution >= 0.6 is 0 Å². The maximum Gasteiger partial charge on any atom is 0.407 e. The molecule has 1 aliphatic rings. The Labute approximate surface area is 122 Å². The quantitative estimate of drug-likeness (QED) is 0.678. The van der Waals surface area contributed by atoms with Crippen molar-refractivity contribution in [1.82, 2.24) is 5.32 Å². The van der Waals surface area contributed by atoms with Crippen LogP contribution in [-0.2, 0) is 4.74 Å². The van der Waals surface area contributed by atoms with Gasteiger partial charge in [-0.2, -0.15) is 0 Å². The number of amides is 1. The molecule has 1 N–H and O–H groups in total. The van der Waals surface area contributed by atoms with E-state index in [1.165, 1.54) is 27.1 Å². The third-order valence-corrected chi connectivity index (χ3v) is 4.11. The lowest BCUT2D eigenvalue weighted by Crippen LogP contribution is -2.35. The molecule has 104 valence electrons. The molecule has 1 heterocycles. The first-order chi connectivity index (χ1) is 10.3. The fraction of sp³-hybridized carbons (Fsp3) is 0.167. The Kier molecular flexibility index (Phi) is 2.78. The Morgan fingerprint density at radius 3 is 2.48 bits per heavy atom. The maximum absolute atomic E-state index is 11.5. The molecular weight excluding hydrogens is 262 g/mol. The molecule has 0 aromatic heterocycles. The van der Waals surface area contributed by atoms with E-state index in [-0.39, 0.29) is 12.1 Å². The number of ether oxygens (including phenoxy) is 1. The van der Waals surface area contributed by atoms with Gasteiger partial charge in [-0.1, -0.05) is 48.5 Å². The van der Waals surface area contributed by atoms with Crippen LogP contribution in [0.5, 0.6) is 0 Å². The summed E-state index contributed by atoms with van der Waals surface area (Å²) in [5.41, 5.74) is 1.17. The fourth-order valence-electron chi connectivity index (χ4n) is 3.13. The summed E-state index contributed by atoms with van der Waals surface area (Å²) in [7, 11) is 0. The Balaban J connectivity index is 2.00. The van der Waals surface area contributed by atoms with Crippen molar-refractivity contribution in [3.63, 3.8) is 0 Å². The highest BCUT2D eigenvalue weighted by atomic mass is 16.5. The number of fused-ring (bicyclic) bond motifs is 3. The molecule has 1 fully saturated rings. The van der Waals surface area contributed by atoms with Crippen LogP contribution in [0.25, 0.3) is 21.5 Å². The molecule has 1 aliphatic heterocycles. The maximum atomic E-state index is 11.5. The van der Waals surface area contributed by atoms with Crippen LogP contribution in [0.15, 0.2) is 54.6 Å². The molecule has 0 bridgehead atoms. The Hall–Kier alpha value is -2.55. The van der Waals surface area contributed by atoms with E-state index in [1.54, 1.807) is 0 Å². The van der Waals surface area contributed by atoms with Crippen molar-refractivity contribution in [3.8, 4) is 0 Å². The van der Waals surface area contributed by atoms with E-state index in [2.05, 4.69) is 47.8 Å². The van der Waals surface area contributed by atoms with Crippen LogP contribution in [-0.4, -0.2) is 12.7 Å². The lowest BCUT2D eigenvalue weighted by Gasteiger charge is -2.25. The first kappa shape index (κ1) is 12.2. The Bertz CT molecular complexity index is 841. The van der Waals surface area contributed by atoms with Gasteiger partial charge in [-0.15, -0.1) is 0 Å². The molecule has 1 saturated heterocycles. The minimum absolute atomic E-state index is 0.0146. The van der Waals surface area contributed by atoms with Gasteiger partial charge in [0.15, 0.2) is 0 Å². The summed E-state index contributed by atoms with van der Waals surface area (Å²) in [4.78, 5) is 11.5. The largest absolute Gasteiger partial charge is 0.449 e. The number of rotatable bonds is 1. The van der Waals surface area contributed by atoms with Gasteiger partial charge in [0.05, 0.1) is 12.6 Å². The number of alkyl carbamates (subject to hydrolysis) is 1. The lowest BCUT2D eigenvalue weighted by atomic mass is 9.92. The molecule has 0 saturated carbocycles. The van der Waals surface area contributed by atoms with Crippen molar-refractivity contribution < 1.29 is 9.53 Å². The van der Waals surface area contributed by atoms with E-state index < -0.39 is 0 Å². The highest BCUT2D eigenvalue weighted by molar-refractivity contribution is 6.09. The second kappa shape index (κ2) is 4.77. The van der Waals surface area contributed by atoms with Crippen molar-refractivity contribution in [2.75, 3.05) is 6.61 Å². The van der Waals surface area contributed by atoms with E-state index in [0.29, 0.717) is 6.61 Å². The summed E-state index contributed by atoms with van der Waals surface area (Å²) < 4.78 is 4.98. The number of benzene rings is 3. The van der Waals surface area contributed by atoms with Gasteiger partial charge < -0.3 is 10.1 Å². The van der Waals surface area contributed by atoms with Gasteiger partial charge >= 0.3 is 6.09 Å². The highest BCUT2D eigenvalue weighted by Gasteiger charge is 2.22. The molecule has 3 aromatic rings. The molecule has 0 radical (unpaired) electrons. The summed E-state index contributed by atoms with van der Waals surface area (Å²) >= 11 is 0. The summed E-state index contributed by atoms with van der Waals surface area (Å²) in [5, 5.41) is 7.80. The molecule has 3 nitrogen and oxygen atoms in total. The van der Waals surface area contributed by atoms with Crippen molar-refractivity contribution in [2.24, 2.45) is 0 Å². The van der Waals surface area contributed by atoms with Crippen LogP contribution in [0.1, 0.15) is 18.0 Å². The van der Waals surface area contributed by atoms with Crippen LogP contribution in [0.2, 0.25) is 0 Å². The number of cyclic esters (lactones) is 1. The first-order valence-electron chi connectivity index (χ1n) is 7.16. The number of hydrogen-bond acceptors (Lipinski definition) is 2. The Morgan fingerprint density at radius 2 is 1.67 bits per heavy atom. The highest BCUT2D eigenvalue weighted by Crippen LogP contribution is 2.33. The molecule has 21 heavy (non-hydrogen) atoms. The van der Waals surface area contributed by atoms with Crippen LogP contribution in [0.3, 0.4) is 0 Å². The average molecular weight is 277 g/mol. The van der Waals surface area contributed by atoms with Gasteiger partial charge in [-0.3, -0.25) is 0 Å². The zero-order chi connectivity index (χ0) is 14.2. The van der Waals surface area contributed by atoms with Gasteiger partial charge in [0.25, 0.3) is 0 Å². The SMILES string of the molecule is O=C1N[C@@H](c2cc3ccccc3c3ccccc23)CCO1. The van der Waals surface area contributed by atoms with Crippen molar-refractivity contribution >= 4 is 27.6 Å². The molecule has 3 heteroatoms. The molecule has 1 atom stereocenters. The molecule has 3 aromatic carbocycles. The topological polar surface area (TPSA) is 38.3 Å². The zero-order valence-corrected chi connectivity index (χ0v) is 11.5. The smallest absolute Gasteiger partial charge is 0.407 e. The number of carbonyl (C=O) groups is 1. The molecule has 1 amide bonds. The van der Waals surface area contributed by atoms with Crippen molar-refractivity contribution in [2.45, 2.75) is 12.5 Å². The summed E-state index contributed by atoms with van der Waals surface area (Å²) in [5.74, 6) is 0. The third-order valence-electron chi connectivity index (χ3n) is 4.11. The summed E-state index contributed by atoms with van der Waals surface area (Å²) in [6.45, 7) is 0.470. The minimum Gasteiger partial charge on any atom is -0.449 e. The second-order valence-electron chi connectivity index (χ2n) is 5.35. The fourth-order valence-corrected chi connectivity index (χ4v) is 3.13. The molecule has 0 aliphatic carbocycles. The molecule has 0 unspecified atom stereocenters. The van der Waals surface area contributed by atoms with Gasteiger partial charge in [0.2, 0.25) is 0 Å². The summed E-state index contributed by atoms with van der Waals surface area (Å²) in [6, 6.07) is 18.9. The average Bonchev–Trinajstić information content (AvgIpc) is 2.54. The van der Waals surface area contributed by atoms with E-state index in [0.717, 1.165) is 6.42 Å². The lowest BCUT2D eigenvalue weighted by molar-refractivity contribution is 0.116. The van der Waals surface area contributed by atoms with Gasteiger partial charge in [-0.05, 0) is 33.2 Å². The van der Waals surface area contributed by atoms with E-state index >= 15 is 0 Å². The third kappa shape index (κ3) is 2.02. The van der Waals surface area contributed by atoms with Gasteiger partial charge in [0.1, 0.15) is 0 Å². The normalized spacial score (nSPS) is 18.5. The first-order valence-corrected chi connectivity index (χ1v) is 7.16. The van der Waals surface area contributed by atoms with Crippen LogP contribution < -0.4 is 5.32 Å². The standard InChI is InChI=1S/C18H15NO2/c20-18-19-17(9-10-21-18)16-11-12-5-1-2-6-13(12)14-7-3-4-8-15(14)16/h1-8,11,17H,9-10H2,(H,19,20)/t17-/m1/s1. The van der Waals surface area contributed by atoms with E-state index in [1.807, 2.05) is 12.1 Å². The number of carbonyl (C=O) groups excluding carboxylic acids is 1. The minimum atomic E-state index is -0.330. The molecule has 4 rings (SSSR count). The number of nitrogens with one attached hydrogen (secondary N) is 1. The van der Waals surface area contributed by atoms with Gasteiger partial charge in [-0.25, -0.2) is 4.79 Å². The number of hydrogen-bond donors (Lipinski definition) is 1. The van der Waals surface area contributed by atoms with E-state index in [9.17, 15) is 4.79 Å². The molecule has 0 spiro atoms. The van der Waals surface area contributed by atoms with E-state index in [4.69, 9.17) is 4.74 Å². The van der Waals surface area contributed by atoms with Crippen LogP contribution in [0, 0.1) is 0 Å². The zero-order valence-electron chi connectivity index (χ0n) is 11.5. The molecular formula is C18H15NO2. The van der Waals surface area contributed by atoms with Crippen molar-refractivity contribution in [3.05, 3.63) is 60.2 Å². The second-order valence-corrected chi connectivity index (χ2v) is 5.35. The predicted octanol–water partition coefficient (Wildman–Crippen LogP) is 4.16. The summed E-state index contributed by atoms with van der Waals surface area (Å²) in [6.07, 6.45) is 0.470. The van der Waals surface area contributed by atoms with Gasteiger partial charge in [0, 0.05) is 6.42 Å². The van der Waals surface area contributed by atoms with Crippen LogP contribution in [0.4, 0.5) is 4.79 Å².